The van der Waals surface area contributed by atoms with Crippen LogP contribution >= 0.6 is 34.2 Å². The minimum atomic E-state index is -3.71. The van der Waals surface area contributed by atoms with Gasteiger partial charge in [-0.3, -0.25) is 4.72 Å². The van der Waals surface area contributed by atoms with Crippen molar-refractivity contribution in [2.45, 2.75) is 17.9 Å². The fraction of sp³-hybridized carbons (Fsp3) is 0.143. The van der Waals surface area contributed by atoms with Crippen LogP contribution in [-0.4, -0.2) is 13.5 Å². The first kappa shape index (κ1) is 16.5. The summed E-state index contributed by atoms with van der Waals surface area (Å²) in [5, 5.41) is 9.77. The van der Waals surface area contributed by atoms with Crippen LogP contribution in [-0.2, 0) is 10.0 Å². The standard InChI is InChI=1S/C14H13ClINO3S/c1-9(18)10-2-5-12(6-3-10)21(19,20)17-14-7-4-11(16)8-13(14)15/h2-9,17-18H,1H3. The number of benzene rings is 2. The number of hydrogen-bond donors (Lipinski definition) is 2. The van der Waals surface area contributed by atoms with Gasteiger partial charge in [0.05, 0.1) is 21.7 Å². The molecular weight excluding hydrogens is 425 g/mol. The molecule has 0 spiro atoms. The third kappa shape index (κ3) is 4.09. The third-order valence-corrected chi connectivity index (χ3v) is 5.21. The second kappa shape index (κ2) is 6.51. The lowest BCUT2D eigenvalue weighted by Crippen LogP contribution is -2.13. The van der Waals surface area contributed by atoms with Gasteiger partial charge >= 0.3 is 0 Å². The summed E-state index contributed by atoms with van der Waals surface area (Å²) in [4.78, 5) is 0.113. The molecule has 4 nitrogen and oxygen atoms in total. The van der Waals surface area contributed by atoms with Gasteiger partial charge in [-0.15, -0.1) is 0 Å². The lowest BCUT2D eigenvalue weighted by atomic mass is 10.1. The van der Waals surface area contributed by atoms with Crippen molar-refractivity contribution in [3.05, 3.63) is 56.6 Å². The first-order chi connectivity index (χ1) is 9.79. The average molecular weight is 438 g/mol. The van der Waals surface area contributed by atoms with E-state index in [2.05, 4.69) is 27.3 Å². The van der Waals surface area contributed by atoms with Crippen LogP contribution < -0.4 is 4.72 Å². The quantitative estimate of drug-likeness (QED) is 0.715. The van der Waals surface area contributed by atoms with Gasteiger partial charge in [0.2, 0.25) is 0 Å². The van der Waals surface area contributed by atoms with Gasteiger partial charge < -0.3 is 5.11 Å². The molecule has 0 aliphatic carbocycles. The van der Waals surface area contributed by atoms with Crippen LogP contribution in [0, 0.1) is 3.57 Å². The summed E-state index contributed by atoms with van der Waals surface area (Å²) < 4.78 is 27.9. The van der Waals surface area contributed by atoms with Crippen LogP contribution in [0.3, 0.4) is 0 Å². The Hall–Kier alpha value is -0.830. The molecule has 0 heterocycles. The largest absolute Gasteiger partial charge is 0.389 e. The number of hydrogen-bond acceptors (Lipinski definition) is 3. The Balaban J connectivity index is 2.29. The summed E-state index contributed by atoms with van der Waals surface area (Å²) in [5.74, 6) is 0. The van der Waals surface area contributed by atoms with Gasteiger partial charge in [0, 0.05) is 3.57 Å². The van der Waals surface area contributed by atoms with E-state index < -0.39 is 16.1 Å². The minimum absolute atomic E-state index is 0.113. The molecule has 0 saturated heterocycles. The molecule has 2 N–H and O–H groups in total. The second-order valence-corrected chi connectivity index (χ2v) is 7.81. The molecule has 7 heteroatoms. The van der Waals surface area contributed by atoms with Crippen molar-refractivity contribution in [3.63, 3.8) is 0 Å². The summed E-state index contributed by atoms with van der Waals surface area (Å²) in [6.45, 7) is 1.62. The maximum Gasteiger partial charge on any atom is 0.261 e. The molecule has 0 radical (unpaired) electrons. The summed E-state index contributed by atoms with van der Waals surface area (Å²) >= 11 is 8.12. The number of halogens is 2. The molecule has 2 rings (SSSR count). The van der Waals surface area contributed by atoms with E-state index in [1.807, 2.05) is 0 Å². The molecule has 1 unspecified atom stereocenters. The van der Waals surface area contributed by atoms with Crippen LogP contribution in [0.4, 0.5) is 5.69 Å². The predicted molar refractivity (Wildman–Crippen MR) is 92.1 cm³/mol. The van der Waals surface area contributed by atoms with Crippen molar-refractivity contribution >= 4 is 49.9 Å². The number of aliphatic hydroxyl groups excluding tert-OH is 1. The fourth-order valence-electron chi connectivity index (χ4n) is 1.70. The Bertz CT molecular complexity index is 745. The molecule has 1 atom stereocenters. The first-order valence-corrected chi connectivity index (χ1v) is 8.99. The zero-order valence-corrected chi connectivity index (χ0v) is 14.8. The molecule has 0 fully saturated rings. The highest BCUT2D eigenvalue weighted by Crippen LogP contribution is 2.26. The highest BCUT2D eigenvalue weighted by atomic mass is 127. The van der Waals surface area contributed by atoms with Crippen molar-refractivity contribution in [2.24, 2.45) is 0 Å². The van der Waals surface area contributed by atoms with Crippen LogP contribution in [0.2, 0.25) is 5.02 Å². The molecule has 2 aromatic rings. The molecule has 112 valence electrons. The van der Waals surface area contributed by atoms with Crippen molar-refractivity contribution in [3.8, 4) is 0 Å². The SMILES string of the molecule is CC(O)c1ccc(S(=O)(=O)Nc2ccc(I)cc2Cl)cc1. The van der Waals surface area contributed by atoms with E-state index >= 15 is 0 Å². The molecule has 0 amide bonds. The van der Waals surface area contributed by atoms with E-state index in [-0.39, 0.29) is 4.90 Å². The Labute approximate surface area is 142 Å². The molecule has 0 saturated carbocycles. The zero-order valence-electron chi connectivity index (χ0n) is 11.0. The van der Waals surface area contributed by atoms with E-state index in [0.717, 1.165) is 3.57 Å². The molecule has 0 bridgehead atoms. The summed E-state index contributed by atoms with van der Waals surface area (Å²) in [6, 6.07) is 11.1. The van der Waals surface area contributed by atoms with Gasteiger partial charge in [0.1, 0.15) is 0 Å². The Morgan fingerprint density at radius 3 is 2.33 bits per heavy atom. The van der Waals surface area contributed by atoms with E-state index in [9.17, 15) is 13.5 Å². The predicted octanol–water partition coefficient (Wildman–Crippen LogP) is 3.80. The lowest BCUT2D eigenvalue weighted by Gasteiger charge is -2.11. The normalized spacial score (nSPS) is 13.0. The van der Waals surface area contributed by atoms with E-state index in [1.165, 1.54) is 12.1 Å². The van der Waals surface area contributed by atoms with Crippen LogP contribution in [0.15, 0.2) is 47.4 Å². The van der Waals surface area contributed by atoms with Gasteiger partial charge in [0.15, 0.2) is 0 Å². The molecule has 21 heavy (non-hydrogen) atoms. The fourth-order valence-corrected chi connectivity index (χ4v) is 3.74. The Morgan fingerprint density at radius 1 is 1.19 bits per heavy atom. The van der Waals surface area contributed by atoms with Crippen LogP contribution in [0.5, 0.6) is 0 Å². The van der Waals surface area contributed by atoms with Gasteiger partial charge in [-0.25, -0.2) is 8.42 Å². The molecule has 0 aliphatic heterocycles. The van der Waals surface area contributed by atoms with Gasteiger partial charge in [-0.05, 0) is 65.4 Å². The number of anilines is 1. The highest BCUT2D eigenvalue weighted by Gasteiger charge is 2.16. The molecular formula is C14H13ClINO3S. The number of sulfonamides is 1. The van der Waals surface area contributed by atoms with Crippen LogP contribution in [0.1, 0.15) is 18.6 Å². The molecule has 2 aromatic carbocycles. The van der Waals surface area contributed by atoms with Crippen molar-refractivity contribution in [1.82, 2.24) is 0 Å². The lowest BCUT2D eigenvalue weighted by molar-refractivity contribution is 0.199. The highest BCUT2D eigenvalue weighted by molar-refractivity contribution is 14.1. The third-order valence-electron chi connectivity index (χ3n) is 2.85. The number of nitrogens with one attached hydrogen (secondary N) is 1. The summed E-state index contributed by atoms with van der Waals surface area (Å²) in [5.41, 5.74) is 0.984. The van der Waals surface area contributed by atoms with Gasteiger partial charge in [-0.1, -0.05) is 23.7 Å². The number of rotatable bonds is 4. The Kier molecular flexibility index (Phi) is 5.13. The van der Waals surface area contributed by atoms with Crippen molar-refractivity contribution in [1.29, 1.82) is 0 Å². The zero-order chi connectivity index (χ0) is 15.6. The van der Waals surface area contributed by atoms with E-state index in [1.54, 1.807) is 37.3 Å². The van der Waals surface area contributed by atoms with E-state index in [4.69, 9.17) is 11.6 Å². The number of aliphatic hydroxyl groups is 1. The van der Waals surface area contributed by atoms with E-state index in [0.29, 0.717) is 16.3 Å². The second-order valence-electron chi connectivity index (χ2n) is 4.47. The summed E-state index contributed by atoms with van der Waals surface area (Å²) in [6.07, 6.45) is -0.639. The Morgan fingerprint density at radius 2 is 1.81 bits per heavy atom. The molecule has 0 aromatic heterocycles. The maximum atomic E-state index is 12.3. The monoisotopic (exact) mass is 437 g/mol. The minimum Gasteiger partial charge on any atom is -0.389 e. The van der Waals surface area contributed by atoms with Gasteiger partial charge in [0.25, 0.3) is 10.0 Å². The topological polar surface area (TPSA) is 66.4 Å². The average Bonchev–Trinajstić information content (AvgIpc) is 2.42. The maximum absolute atomic E-state index is 12.3. The van der Waals surface area contributed by atoms with Crippen molar-refractivity contribution < 1.29 is 13.5 Å². The van der Waals surface area contributed by atoms with Crippen LogP contribution in [0.25, 0.3) is 0 Å². The van der Waals surface area contributed by atoms with Crippen molar-refractivity contribution in [2.75, 3.05) is 4.72 Å². The summed E-state index contributed by atoms with van der Waals surface area (Å²) in [7, 11) is -3.71. The smallest absolute Gasteiger partial charge is 0.261 e. The molecule has 0 aliphatic rings. The first-order valence-electron chi connectivity index (χ1n) is 6.05. The van der Waals surface area contributed by atoms with Gasteiger partial charge in [-0.2, -0.15) is 0 Å².